The molecule has 1 N–H and O–H groups in total. The van der Waals surface area contributed by atoms with Gasteiger partial charge in [0.25, 0.3) is 5.91 Å². The molecule has 136 valence electrons. The molecule has 2 aromatic rings. The first-order chi connectivity index (χ1) is 12.7. The first kappa shape index (κ1) is 17.4. The quantitative estimate of drug-likeness (QED) is 0.629. The molecule has 0 radical (unpaired) electrons. The van der Waals surface area contributed by atoms with E-state index in [1.165, 1.54) is 27.5 Å². The van der Waals surface area contributed by atoms with E-state index in [1.807, 2.05) is 0 Å². The Labute approximate surface area is 150 Å². The molecule has 1 heterocycles. The Morgan fingerprint density at radius 3 is 2.54 bits per heavy atom. The van der Waals surface area contributed by atoms with E-state index >= 15 is 0 Å². The average molecular weight is 358 g/mol. The molecule has 26 heavy (non-hydrogen) atoms. The summed E-state index contributed by atoms with van der Waals surface area (Å²) in [6.45, 7) is 0.150. The molecule has 0 unspecified atom stereocenters. The van der Waals surface area contributed by atoms with Crippen molar-refractivity contribution in [2.45, 2.75) is 0 Å². The van der Waals surface area contributed by atoms with Gasteiger partial charge in [0, 0.05) is 11.1 Å². The van der Waals surface area contributed by atoms with Crippen LogP contribution in [-0.2, 0) is 0 Å². The molecule has 0 spiro atoms. The van der Waals surface area contributed by atoms with Gasteiger partial charge in [0.1, 0.15) is 0 Å². The van der Waals surface area contributed by atoms with E-state index in [4.69, 9.17) is 23.7 Å². The maximum absolute atomic E-state index is 12.2. The number of rotatable bonds is 6. The van der Waals surface area contributed by atoms with E-state index in [1.54, 1.807) is 30.3 Å². The van der Waals surface area contributed by atoms with Crippen LogP contribution in [0.3, 0.4) is 0 Å². The minimum absolute atomic E-state index is 0.150. The lowest BCUT2D eigenvalue weighted by Gasteiger charge is -2.13. The smallest absolute Gasteiger partial charge is 0.271 e. The SMILES string of the molecule is COc1ccc(C=NNC(=O)c2ccc3c(c2)OCO3)c(OC)c1OC. The van der Waals surface area contributed by atoms with Crippen LogP contribution in [0.15, 0.2) is 35.4 Å². The summed E-state index contributed by atoms with van der Waals surface area (Å²) in [5, 5.41) is 3.98. The van der Waals surface area contributed by atoms with Gasteiger partial charge in [-0.3, -0.25) is 4.79 Å². The van der Waals surface area contributed by atoms with E-state index in [2.05, 4.69) is 10.5 Å². The predicted octanol–water partition coefficient (Wildman–Crippen LogP) is 2.21. The van der Waals surface area contributed by atoms with Gasteiger partial charge in [-0.1, -0.05) is 0 Å². The fraction of sp³-hybridized carbons (Fsp3) is 0.222. The van der Waals surface area contributed by atoms with Crippen LogP contribution in [0.1, 0.15) is 15.9 Å². The number of amides is 1. The lowest BCUT2D eigenvalue weighted by Crippen LogP contribution is -2.17. The van der Waals surface area contributed by atoms with E-state index in [-0.39, 0.29) is 12.7 Å². The van der Waals surface area contributed by atoms with Gasteiger partial charge in [-0.2, -0.15) is 5.10 Å². The Morgan fingerprint density at radius 1 is 1.04 bits per heavy atom. The molecule has 0 aromatic heterocycles. The molecule has 3 rings (SSSR count). The molecular formula is C18H18N2O6. The van der Waals surface area contributed by atoms with Crippen molar-refractivity contribution in [3.8, 4) is 28.7 Å². The summed E-state index contributed by atoms with van der Waals surface area (Å²) < 4.78 is 26.4. The number of benzene rings is 2. The van der Waals surface area contributed by atoms with Crippen molar-refractivity contribution in [1.29, 1.82) is 0 Å². The van der Waals surface area contributed by atoms with Crippen molar-refractivity contribution in [2.75, 3.05) is 28.1 Å². The summed E-state index contributed by atoms with van der Waals surface area (Å²) in [7, 11) is 4.57. The summed E-state index contributed by atoms with van der Waals surface area (Å²) in [4.78, 5) is 12.2. The first-order valence-corrected chi connectivity index (χ1v) is 7.70. The third-order valence-corrected chi connectivity index (χ3v) is 3.74. The number of carbonyl (C=O) groups excluding carboxylic acids is 1. The zero-order valence-electron chi connectivity index (χ0n) is 14.6. The van der Waals surface area contributed by atoms with Gasteiger partial charge in [-0.15, -0.1) is 0 Å². The summed E-state index contributed by atoms with van der Waals surface area (Å²) >= 11 is 0. The zero-order chi connectivity index (χ0) is 18.5. The van der Waals surface area contributed by atoms with Crippen molar-refractivity contribution in [3.63, 3.8) is 0 Å². The van der Waals surface area contributed by atoms with Gasteiger partial charge in [0.2, 0.25) is 12.5 Å². The van der Waals surface area contributed by atoms with Crippen LogP contribution in [0.2, 0.25) is 0 Å². The second-order valence-electron chi connectivity index (χ2n) is 5.19. The van der Waals surface area contributed by atoms with Crippen molar-refractivity contribution < 1.29 is 28.5 Å². The van der Waals surface area contributed by atoms with E-state index < -0.39 is 0 Å². The second kappa shape index (κ2) is 7.64. The largest absolute Gasteiger partial charge is 0.493 e. The van der Waals surface area contributed by atoms with Crippen LogP contribution in [0.4, 0.5) is 0 Å². The van der Waals surface area contributed by atoms with Gasteiger partial charge in [0.15, 0.2) is 23.0 Å². The zero-order valence-corrected chi connectivity index (χ0v) is 14.6. The molecular weight excluding hydrogens is 340 g/mol. The Kier molecular flexibility index (Phi) is 5.12. The molecule has 0 saturated heterocycles. The number of hydrogen-bond acceptors (Lipinski definition) is 7. The first-order valence-electron chi connectivity index (χ1n) is 7.70. The van der Waals surface area contributed by atoms with Gasteiger partial charge in [-0.25, -0.2) is 5.43 Å². The van der Waals surface area contributed by atoms with E-state index in [9.17, 15) is 4.79 Å². The summed E-state index contributed by atoms with van der Waals surface area (Å²) in [5.74, 6) is 2.20. The van der Waals surface area contributed by atoms with Gasteiger partial charge in [0.05, 0.1) is 27.5 Å². The maximum Gasteiger partial charge on any atom is 0.271 e. The second-order valence-corrected chi connectivity index (χ2v) is 5.19. The standard InChI is InChI=1S/C18H18N2O6/c1-22-14-7-5-12(16(23-2)17(14)24-3)9-19-20-18(21)11-4-6-13-15(8-11)26-10-25-13/h4-9H,10H2,1-3H3,(H,20,21). The van der Waals surface area contributed by atoms with Crippen LogP contribution >= 0.6 is 0 Å². The molecule has 8 nitrogen and oxygen atoms in total. The molecule has 1 amide bonds. The topological polar surface area (TPSA) is 87.6 Å². The fourth-order valence-electron chi connectivity index (χ4n) is 2.49. The lowest BCUT2D eigenvalue weighted by atomic mass is 10.2. The minimum atomic E-state index is -0.376. The highest BCUT2D eigenvalue weighted by molar-refractivity contribution is 5.96. The molecule has 0 atom stereocenters. The molecule has 0 aliphatic carbocycles. The van der Waals surface area contributed by atoms with Gasteiger partial charge < -0.3 is 23.7 Å². The Hall–Kier alpha value is -3.42. The Morgan fingerprint density at radius 2 is 1.81 bits per heavy atom. The number of nitrogens with one attached hydrogen (secondary N) is 1. The fourth-order valence-corrected chi connectivity index (χ4v) is 2.49. The maximum atomic E-state index is 12.2. The molecule has 2 aromatic carbocycles. The van der Waals surface area contributed by atoms with Crippen molar-refractivity contribution >= 4 is 12.1 Å². The number of ether oxygens (including phenoxy) is 5. The lowest BCUT2D eigenvalue weighted by molar-refractivity contribution is 0.0954. The average Bonchev–Trinajstić information content (AvgIpc) is 3.14. The third-order valence-electron chi connectivity index (χ3n) is 3.74. The number of nitrogens with zero attached hydrogens (tertiary/aromatic N) is 1. The Balaban J connectivity index is 1.75. The molecule has 0 fully saturated rings. The number of hydrogen-bond donors (Lipinski definition) is 1. The van der Waals surface area contributed by atoms with Gasteiger partial charge in [-0.05, 0) is 30.3 Å². The Bertz CT molecular complexity index is 850. The summed E-state index contributed by atoms with van der Waals surface area (Å²) in [5.41, 5.74) is 3.49. The molecule has 0 saturated carbocycles. The molecule has 1 aliphatic heterocycles. The van der Waals surface area contributed by atoms with Crippen molar-refractivity contribution in [2.24, 2.45) is 5.10 Å². The van der Waals surface area contributed by atoms with Crippen LogP contribution in [0, 0.1) is 0 Å². The van der Waals surface area contributed by atoms with E-state index in [0.29, 0.717) is 39.9 Å². The van der Waals surface area contributed by atoms with Crippen LogP contribution in [0.5, 0.6) is 28.7 Å². The summed E-state index contributed by atoms with van der Waals surface area (Å²) in [6, 6.07) is 8.39. The van der Waals surface area contributed by atoms with Crippen LogP contribution in [-0.4, -0.2) is 40.2 Å². The molecule has 8 heteroatoms. The third kappa shape index (κ3) is 3.34. The van der Waals surface area contributed by atoms with E-state index in [0.717, 1.165) is 0 Å². The monoisotopic (exact) mass is 358 g/mol. The highest BCUT2D eigenvalue weighted by Crippen LogP contribution is 2.39. The number of fused-ring (bicyclic) bond motifs is 1. The highest BCUT2D eigenvalue weighted by Gasteiger charge is 2.17. The molecule has 0 bridgehead atoms. The van der Waals surface area contributed by atoms with Gasteiger partial charge >= 0.3 is 0 Å². The minimum Gasteiger partial charge on any atom is -0.493 e. The van der Waals surface area contributed by atoms with Crippen molar-refractivity contribution in [1.82, 2.24) is 5.43 Å². The molecule has 1 aliphatic rings. The predicted molar refractivity (Wildman–Crippen MR) is 93.7 cm³/mol. The normalized spacial score (nSPS) is 12.1. The number of hydrazone groups is 1. The van der Waals surface area contributed by atoms with Crippen LogP contribution < -0.4 is 29.1 Å². The van der Waals surface area contributed by atoms with Crippen molar-refractivity contribution in [3.05, 3.63) is 41.5 Å². The van der Waals surface area contributed by atoms with Crippen LogP contribution in [0.25, 0.3) is 0 Å². The summed E-state index contributed by atoms with van der Waals surface area (Å²) in [6.07, 6.45) is 1.46. The highest BCUT2D eigenvalue weighted by atomic mass is 16.7. The number of carbonyl (C=O) groups is 1. The number of methoxy groups -OCH3 is 3.